The number of nitrogens with one attached hydrogen (secondary N) is 1. The zero-order valence-electron chi connectivity index (χ0n) is 12.8. The standard InChI is InChI=1S/C16H22N2O3.ClH/c1-15(2)13-10(6-5-9-21-13)16(15,17)14(20)18-11-7-3-4-8-12(11)19;/h3-4,7-8,10,13,19H,5-6,9,17H2,1-2H3,(H,18,20);1H. The van der Waals surface area contributed by atoms with Crippen molar-refractivity contribution in [1.82, 2.24) is 0 Å². The molecule has 0 aromatic heterocycles. The van der Waals surface area contributed by atoms with Gasteiger partial charge in [0.15, 0.2) is 0 Å². The highest BCUT2D eigenvalue weighted by Crippen LogP contribution is 2.57. The number of phenolic OH excluding ortho intramolecular Hbond substituents is 1. The molecule has 1 amide bonds. The Morgan fingerprint density at radius 3 is 2.77 bits per heavy atom. The maximum Gasteiger partial charge on any atom is 0.245 e. The number of fused-ring (bicyclic) bond motifs is 1. The second kappa shape index (κ2) is 5.72. The Bertz CT molecular complexity index is 578. The van der Waals surface area contributed by atoms with Crippen LogP contribution in [0, 0.1) is 11.3 Å². The van der Waals surface area contributed by atoms with Crippen LogP contribution in [0.4, 0.5) is 5.69 Å². The second-order valence-corrected chi connectivity index (χ2v) is 6.60. The number of carbonyl (C=O) groups is 1. The molecule has 1 aromatic rings. The fourth-order valence-corrected chi connectivity index (χ4v) is 3.84. The zero-order valence-corrected chi connectivity index (χ0v) is 13.7. The summed E-state index contributed by atoms with van der Waals surface area (Å²) >= 11 is 0. The molecule has 0 spiro atoms. The average molecular weight is 327 g/mol. The number of ether oxygens (including phenoxy) is 1. The van der Waals surface area contributed by atoms with Gasteiger partial charge in [-0.15, -0.1) is 12.4 Å². The van der Waals surface area contributed by atoms with Crippen LogP contribution >= 0.6 is 12.4 Å². The van der Waals surface area contributed by atoms with Gasteiger partial charge < -0.3 is 20.9 Å². The van der Waals surface area contributed by atoms with E-state index in [9.17, 15) is 9.90 Å². The molecule has 1 aromatic carbocycles. The van der Waals surface area contributed by atoms with Gasteiger partial charge in [0, 0.05) is 17.9 Å². The van der Waals surface area contributed by atoms with Crippen LogP contribution < -0.4 is 11.1 Å². The quantitative estimate of drug-likeness (QED) is 0.728. The van der Waals surface area contributed by atoms with Crippen molar-refractivity contribution in [3.63, 3.8) is 0 Å². The van der Waals surface area contributed by atoms with Crippen molar-refractivity contribution in [2.75, 3.05) is 11.9 Å². The first-order valence-electron chi connectivity index (χ1n) is 7.39. The summed E-state index contributed by atoms with van der Waals surface area (Å²) in [7, 11) is 0. The van der Waals surface area contributed by atoms with Crippen LogP contribution in [0.1, 0.15) is 26.7 Å². The molecule has 1 heterocycles. The molecule has 5 nitrogen and oxygen atoms in total. The van der Waals surface area contributed by atoms with Crippen molar-refractivity contribution in [2.24, 2.45) is 17.1 Å². The average Bonchev–Trinajstić information content (AvgIpc) is 2.48. The predicted octanol–water partition coefficient (Wildman–Crippen LogP) is 2.29. The SMILES string of the molecule is CC1(C)C2OCCCC2C1(N)C(=O)Nc1ccccc1O.Cl. The number of rotatable bonds is 2. The molecule has 1 aliphatic carbocycles. The lowest BCUT2D eigenvalue weighted by atomic mass is 9.46. The van der Waals surface area contributed by atoms with E-state index in [-0.39, 0.29) is 36.1 Å². The van der Waals surface area contributed by atoms with Gasteiger partial charge in [-0.05, 0) is 25.0 Å². The second-order valence-electron chi connectivity index (χ2n) is 6.60. The number of para-hydroxylation sites is 2. The van der Waals surface area contributed by atoms with Crippen molar-refractivity contribution in [3.05, 3.63) is 24.3 Å². The number of aromatic hydroxyl groups is 1. The number of benzene rings is 1. The normalized spacial score (nSPS) is 32.1. The first-order valence-corrected chi connectivity index (χ1v) is 7.39. The molecule has 0 bridgehead atoms. The largest absolute Gasteiger partial charge is 0.506 e. The number of carbonyl (C=O) groups excluding carboxylic acids is 1. The molecule has 1 saturated heterocycles. The number of hydrogen-bond donors (Lipinski definition) is 3. The Kier molecular flexibility index (Phi) is 4.44. The molecule has 0 radical (unpaired) electrons. The van der Waals surface area contributed by atoms with Gasteiger partial charge >= 0.3 is 0 Å². The third-order valence-corrected chi connectivity index (χ3v) is 5.21. The highest BCUT2D eigenvalue weighted by molar-refractivity contribution is 6.01. The minimum atomic E-state index is -0.972. The minimum Gasteiger partial charge on any atom is -0.506 e. The van der Waals surface area contributed by atoms with Crippen LogP contribution in [0.2, 0.25) is 0 Å². The highest BCUT2D eigenvalue weighted by Gasteiger charge is 2.70. The molecule has 3 atom stereocenters. The summed E-state index contributed by atoms with van der Waals surface area (Å²) in [4.78, 5) is 12.7. The summed E-state index contributed by atoms with van der Waals surface area (Å²) in [5.41, 5.74) is 5.50. The van der Waals surface area contributed by atoms with Gasteiger partial charge in [0.05, 0.1) is 11.8 Å². The van der Waals surface area contributed by atoms with Gasteiger partial charge in [-0.25, -0.2) is 0 Å². The van der Waals surface area contributed by atoms with Crippen LogP contribution in [-0.4, -0.2) is 29.3 Å². The lowest BCUT2D eigenvalue weighted by Crippen LogP contribution is -2.81. The van der Waals surface area contributed by atoms with Crippen molar-refractivity contribution < 1.29 is 14.6 Å². The minimum absolute atomic E-state index is 0. The van der Waals surface area contributed by atoms with E-state index >= 15 is 0 Å². The Hall–Kier alpha value is -1.30. The van der Waals surface area contributed by atoms with E-state index in [0.717, 1.165) is 19.4 Å². The zero-order chi connectivity index (χ0) is 15.3. The maximum absolute atomic E-state index is 12.7. The predicted molar refractivity (Wildman–Crippen MR) is 87.1 cm³/mol. The number of halogens is 1. The van der Waals surface area contributed by atoms with E-state index in [4.69, 9.17) is 10.5 Å². The van der Waals surface area contributed by atoms with Gasteiger partial charge in [0.25, 0.3) is 0 Å². The van der Waals surface area contributed by atoms with Crippen LogP contribution in [0.3, 0.4) is 0 Å². The molecule has 3 rings (SSSR count). The van der Waals surface area contributed by atoms with Crippen molar-refractivity contribution in [2.45, 2.75) is 38.3 Å². The molecule has 22 heavy (non-hydrogen) atoms. The molecular formula is C16H23ClN2O3. The fourth-order valence-electron chi connectivity index (χ4n) is 3.84. The summed E-state index contributed by atoms with van der Waals surface area (Å²) in [6.45, 7) is 4.69. The molecule has 4 N–H and O–H groups in total. The van der Waals surface area contributed by atoms with E-state index in [0.29, 0.717) is 5.69 Å². The van der Waals surface area contributed by atoms with Crippen LogP contribution in [-0.2, 0) is 9.53 Å². The van der Waals surface area contributed by atoms with E-state index in [1.54, 1.807) is 18.2 Å². The lowest BCUT2D eigenvalue weighted by molar-refractivity contribution is -0.222. The Labute approximate surface area is 136 Å². The van der Waals surface area contributed by atoms with Crippen LogP contribution in [0.25, 0.3) is 0 Å². The van der Waals surface area contributed by atoms with Crippen LogP contribution in [0.15, 0.2) is 24.3 Å². The summed E-state index contributed by atoms with van der Waals surface area (Å²) in [5.74, 6) is -0.170. The van der Waals surface area contributed by atoms with Crippen molar-refractivity contribution in [1.29, 1.82) is 0 Å². The van der Waals surface area contributed by atoms with E-state index in [1.807, 2.05) is 13.8 Å². The monoisotopic (exact) mass is 326 g/mol. The summed E-state index contributed by atoms with van der Waals surface area (Å²) < 4.78 is 5.80. The van der Waals surface area contributed by atoms with Crippen molar-refractivity contribution >= 4 is 24.0 Å². The van der Waals surface area contributed by atoms with Gasteiger partial charge in [0.2, 0.25) is 5.91 Å². The lowest BCUT2D eigenvalue weighted by Gasteiger charge is -2.65. The molecule has 2 fully saturated rings. The number of nitrogens with two attached hydrogens (primary N) is 1. The molecular weight excluding hydrogens is 304 g/mol. The first kappa shape index (κ1) is 17.1. The third kappa shape index (κ3) is 2.19. The maximum atomic E-state index is 12.7. The smallest absolute Gasteiger partial charge is 0.245 e. The Balaban J connectivity index is 0.00000176. The van der Waals surface area contributed by atoms with Crippen LogP contribution in [0.5, 0.6) is 5.75 Å². The number of amides is 1. The summed E-state index contributed by atoms with van der Waals surface area (Å²) in [6, 6.07) is 6.67. The first-order chi connectivity index (χ1) is 9.89. The fraction of sp³-hybridized carbons (Fsp3) is 0.562. The van der Waals surface area contributed by atoms with Gasteiger partial charge in [-0.1, -0.05) is 26.0 Å². The van der Waals surface area contributed by atoms with Gasteiger partial charge in [-0.2, -0.15) is 0 Å². The molecule has 1 saturated carbocycles. The third-order valence-electron chi connectivity index (χ3n) is 5.21. The van der Waals surface area contributed by atoms with Gasteiger partial charge in [-0.3, -0.25) is 4.79 Å². The number of hydrogen-bond acceptors (Lipinski definition) is 4. The number of anilines is 1. The van der Waals surface area contributed by atoms with E-state index in [2.05, 4.69) is 5.32 Å². The Morgan fingerprint density at radius 2 is 2.09 bits per heavy atom. The van der Waals surface area contributed by atoms with Gasteiger partial charge in [0.1, 0.15) is 11.3 Å². The molecule has 6 heteroatoms. The topological polar surface area (TPSA) is 84.6 Å². The summed E-state index contributed by atoms with van der Waals surface area (Å²) in [5, 5.41) is 12.6. The van der Waals surface area contributed by atoms with Crippen molar-refractivity contribution in [3.8, 4) is 5.75 Å². The van der Waals surface area contributed by atoms with E-state index < -0.39 is 11.0 Å². The molecule has 1 aliphatic heterocycles. The Morgan fingerprint density at radius 1 is 1.41 bits per heavy atom. The molecule has 3 unspecified atom stereocenters. The molecule has 2 aliphatic rings. The van der Waals surface area contributed by atoms with E-state index in [1.165, 1.54) is 6.07 Å². The summed E-state index contributed by atoms with van der Waals surface area (Å²) in [6.07, 6.45) is 1.87. The highest BCUT2D eigenvalue weighted by atomic mass is 35.5. The number of phenols is 1. The molecule has 122 valence electrons.